The molecule has 2 nitrogen and oxygen atoms in total. The fraction of sp³-hybridized carbons (Fsp3) is 0.188. The van der Waals surface area contributed by atoms with Gasteiger partial charge in [-0.25, -0.2) is 4.39 Å². The van der Waals surface area contributed by atoms with Crippen LogP contribution in [0, 0.1) is 5.82 Å². The van der Waals surface area contributed by atoms with Crippen molar-refractivity contribution in [2.45, 2.75) is 19.1 Å². The lowest BCUT2D eigenvalue weighted by Crippen LogP contribution is -2.22. The summed E-state index contributed by atoms with van der Waals surface area (Å²) in [6, 6.07) is 9.76. The van der Waals surface area contributed by atoms with Gasteiger partial charge >= 0.3 is 0 Å². The number of aldehydes is 1. The maximum absolute atomic E-state index is 13.0. The molecule has 1 aliphatic heterocycles. The van der Waals surface area contributed by atoms with Gasteiger partial charge in [-0.2, -0.15) is 0 Å². The zero-order valence-electron chi connectivity index (χ0n) is 11.0. The van der Waals surface area contributed by atoms with E-state index < -0.39 is 0 Å². The zero-order chi connectivity index (χ0) is 15.0. The van der Waals surface area contributed by atoms with E-state index in [2.05, 4.69) is 15.9 Å². The Bertz CT molecular complexity index is 689. The molecular weight excluding hydrogens is 357 g/mol. The second kappa shape index (κ2) is 5.87. The van der Waals surface area contributed by atoms with Crippen LogP contribution in [-0.4, -0.2) is 11.2 Å². The third-order valence-electron chi connectivity index (χ3n) is 3.67. The molecule has 0 fully saturated rings. The number of hydrogen-bond acceptors (Lipinski definition) is 2. The molecule has 0 spiro atoms. The fourth-order valence-electron chi connectivity index (χ4n) is 2.73. The summed E-state index contributed by atoms with van der Waals surface area (Å²) in [5.74, 6) is -0.262. The van der Waals surface area contributed by atoms with Gasteiger partial charge in [0.1, 0.15) is 12.1 Å². The summed E-state index contributed by atoms with van der Waals surface area (Å²) in [5.41, 5.74) is 2.89. The van der Waals surface area contributed by atoms with E-state index in [1.165, 1.54) is 12.1 Å². The number of hydrogen-bond donors (Lipinski definition) is 0. The summed E-state index contributed by atoms with van der Waals surface area (Å²) < 4.78 is 13.9. The molecule has 1 aliphatic rings. The Kier molecular flexibility index (Phi) is 4.11. The standard InChI is InChI=1S/C16H12BrClFNO/c17-12-5-11-8-20(7-10-1-3-13(19)4-2-10)15(9-21)16(11)14(18)6-12/h1-6,9,15H,7-8H2. The van der Waals surface area contributed by atoms with Crippen LogP contribution in [0.1, 0.15) is 22.7 Å². The molecule has 21 heavy (non-hydrogen) atoms. The average molecular weight is 369 g/mol. The van der Waals surface area contributed by atoms with Gasteiger partial charge in [-0.1, -0.05) is 39.7 Å². The van der Waals surface area contributed by atoms with Crippen molar-refractivity contribution in [1.82, 2.24) is 4.90 Å². The van der Waals surface area contributed by atoms with Gasteiger partial charge in [0.2, 0.25) is 0 Å². The predicted octanol–water partition coefficient (Wildman–Crippen LogP) is 4.50. The monoisotopic (exact) mass is 367 g/mol. The highest BCUT2D eigenvalue weighted by molar-refractivity contribution is 9.10. The number of fused-ring (bicyclic) bond motifs is 1. The minimum Gasteiger partial charge on any atom is -0.301 e. The van der Waals surface area contributed by atoms with Gasteiger partial charge in [0.15, 0.2) is 0 Å². The van der Waals surface area contributed by atoms with Crippen LogP contribution in [0.4, 0.5) is 4.39 Å². The lowest BCUT2D eigenvalue weighted by Gasteiger charge is -2.20. The van der Waals surface area contributed by atoms with Gasteiger partial charge in [0.25, 0.3) is 0 Å². The molecule has 0 bridgehead atoms. The van der Waals surface area contributed by atoms with E-state index in [1.54, 1.807) is 18.2 Å². The lowest BCUT2D eigenvalue weighted by molar-refractivity contribution is -0.112. The Morgan fingerprint density at radius 1 is 1.33 bits per heavy atom. The van der Waals surface area contributed by atoms with Crippen molar-refractivity contribution in [3.8, 4) is 0 Å². The Morgan fingerprint density at radius 2 is 2.05 bits per heavy atom. The molecule has 1 atom stereocenters. The van der Waals surface area contributed by atoms with Gasteiger partial charge in [-0.3, -0.25) is 4.90 Å². The summed E-state index contributed by atoms with van der Waals surface area (Å²) in [6.45, 7) is 1.22. The summed E-state index contributed by atoms with van der Waals surface area (Å²) in [6.07, 6.45) is 0.912. The molecule has 0 aromatic heterocycles. The van der Waals surface area contributed by atoms with Crippen molar-refractivity contribution < 1.29 is 9.18 Å². The van der Waals surface area contributed by atoms with E-state index in [4.69, 9.17) is 11.6 Å². The first-order valence-corrected chi connectivity index (χ1v) is 7.67. The quantitative estimate of drug-likeness (QED) is 0.744. The van der Waals surface area contributed by atoms with Crippen LogP contribution < -0.4 is 0 Å². The molecule has 0 saturated heterocycles. The normalized spacial score (nSPS) is 17.8. The zero-order valence-corrected chi connectivity index (χ0v) is 13.4. The van der Waals surface area contributed by atoms with Crippen molar-refractivity contribution in [3.63, 3.8) is 0 Å². The number of halogens is 3. The fourth-order valence-corrected chi connectivity index (χ4v) is 3.72. The summed E-state index contributed by atoms with van der Waals surface area (Å²) in [5, 5.41) is 0.595. The number of rotatable bonds is 3. The molecule has 0 radical (unpaired) electrons. The maximum atomic E-state index is 13.0. The maximum Gasteiger partial charge on any atom is 0.141 e. The van der Waals surface area contributed by atoms with Gasteiger partial charge < -0.3 is 4.79 Å². The molecule has 0 saturated carbocycles. The molecule has 2 aromatic carbocycles. The van der Waals surface area contributed by atoms with E-state index >= 15 is 0 Å². The number of carbonyl (C=O) groups excluding carboxylic acids is 1. The minimum absolute atomic E-state index is 0.262. The Labute approximate surface area is 135 Å². The van der Waals surface area contributed by atoms with Crippen molar-refractivity contribution in [1.29, 1.82) is 0 Å². The van der Waals surface area contributed by atoms with Crippen molar-refractivity contribution in [2.24, 2.45) is 0 Å². The van der Waals surface area contributed by atoms with Crippen molar-refractivity contribution in [3.05, 3.63) is 68.4 Å². The van der Waals surface area contributed by atoms with E-state index in [-0.39, 0.29) is 11.9 Å². The Morgan fingerprint density at radius 3 is 2.71 bits per heavy atom. The van der Waals surface area contributed by atoms with Crippen molar-refractivity contribution >= 4 is 33.8 Å². The lowest BCUT2D eigenvalue weighted by atomic mass is 10.1. The van der Waals surface area contributed by atoms with Gasteiger partial charge in [-0.15, -0.1) is 0 Å². The van der Waals surface area contributed by atoms with E-state index in [9.17, 15) is 9.18 Å². The largest absolute Gasteiger partial charge is 0.301 e. The molecule has 1 unspecified atom stereocenters. The predicted molar refractivity (Wildman–Crippen MR) is 83.6 cm³/mol. The third kappa shape index (κ3) is 2.89. The van der Waals surface area contributed by atoms with E-state index in [0.717, 1.165) is 27.4 Å². The summed E-state index contributed by atoms with van der Waals surface area (Å²) in [7, 11) is 0. The second-order valence-electron chi connectivity index (χ2n) is 5.07. The molecule has 108 valence electrons. The molecule has 0 aliphatic carbocycles. The van der Waals surface area contributed by atoms with Crippen LogP contribution >= 0.6 is 27.5 Å². The van der Waals surface area contributed by atoms with Crippen LogP contribution in [0.15, 0.2) is 40.9 Å². The summed E-state index contributed by atoms with van der Waals surface area (Å²) in [4.78, 5) is 13.5. The Balaban J connectivity index is 1.90. The van der Waals surface area contributed by atoms with Gasteiger partial charge in [-0.05, 0) is 41.0 Å². The Hall–Kier alpha value is -1.23. The van der Waals surface area contributed by atoms with Gasteiger partial charge in [0, 0.05) is 22.6 Å². The smallest absolute Gasteiger partial charge is 0.141 e. The van der Waals surface area contributed by atoms with E-state index in [1.807, 2.05) is 11.0 Å². The van der Waals surface area contributed by atoms with Crippen LogP contribution in [0.2, 0.25) is 5.02 Å². The first-order chi connectivity index (χ1) is 10.1. The number of benzene rings is 2. The highest BCUT2D eigenvalue weighted by Gasteiger charge is 2.32. The molecule has 5 heteroatoms. The molecule has 2 aromatic rings. The van der Waals surface area contributed by atoms with Crippen LogP contribution in [0.3, 0.4) is 0 Å². The highest BCUT2D eigenvalue weighted by atomic mass is 79.9. The minimum atomic E-state index is -0.356. The second-order valence-corrected chi connectivity index (χ2v) is 6.40. The molecule has 1 heterocycles. The molecule has 0 N–H and O–H groups in total. The number of nitrogens with zero attached hydrogens (tertiary/aromatic N) is 1. The van der Waals surface area contributed by atoms with Crippen LogP contribution in [-0.2, 0) is 17.9 Å². The SMILES string of the molecule is O=CC1c2c(Cl)cc(Br)cc2CN1Cc1ccc(F)cc1. The van der Waals surface area contributed by atoms with Crippen LogP contribution in [0.25, 0.3) is 0 Å². The first kappa shape index (κ1) is 14.7. The topological polar surface area (TPSA) is 20.3 Å². The molecule has 0 amide bonds. The first-order valence-electron chi connectivity index (χ1n) is 6.50. The van der Waals surface area contributed by atoms with E-state index in [0.29, 0.717) is 18.1 Å². The number of carbonyl (C=O) groups is 1. The highest BCUT2D eigenvalue weighted by Crippen LogP contribution is 2.39. The average Bonchev–Trinajstić information content (AvgIpc) is 2.78. The summed E-state index contributed by atoms with van der Waals surface area (Å²) >= 11 is 9.69. The van der Waals surface area contributed by atoms with Crippen LogP contribution in [0.5, 0.6) is 0 Å². The molecule has 3 rings (SSSR count). The van der Waals surface area contributed by atoms with Crippen molar-refractivity contribution in [2.75, 3.05) is 0 Å². The van der Waals surface area contributed by atoms with Gasteiger partial charge in [0.05, 0.1) is 6.04 Å². The molecular formula is C16H12BrClFNO. The third-order valence-corrected chi connectivity index (χ3v) is 4.44.